The summed E-state index contributed by atoms with van der Waals surface area (Å²) in [4.78, 5) is 7.28. The summed E-state index contributed by atoms with van der Waals surface area (Å²) in [5.41, 5.74) is 11.1. The number of halogens is 1. The second-order valence-corrected chi connectivity index (χ2v) is 9.29. The van der Waals surface area contributed by atoms with Gasteiger partial charge in [-0.25, -0.2) is 9.37 Å². The average Bonchev–Trinajstić information content (AvgIpc) is 3.15. The number of benzene rings is 2. The Morgan fingerprint density at radius 1 is 1.24 bits per heavy atom. The molecule has 1 aromatic heterocycles. The molecule has 0 unspecified atom stereocenters. The van der Waals surface area contributed by atoms with Gasteiger partial charge in [0.15, 0.2) is 0 Å². The lowest BCUT2D eigenvalue weighted by Gasteiger charge is -2.38. The molecule has 0 saturated heterocycles. The highest BCUT2D eigenvalue weighted by Crippen LogP contribution is 2.35. The van der Waals surface area contributed by atoms with Crippen LogP contribution in [-0.4, -0.2) is 26.5 Å². The van der Waals surface area contributed by atoms with Crippen molar-refractivity contribution >= 4 is 11.5 Å². The van der Waals surface area contributed by atoms with Crippen LogP contribution in [0, 0.1) is 24.1 Å². The molecule has 0 fully saturated rings. The third-order valence-corrected chi connectivity index (χ3v) is 6.11. The summed E-state index contributed by atoms with van der Waals surface area (Å²) in [6.45, 7) is 10.2. The van der Waals surface area contributed by atoms with Gasteiger partial charge < -0.3 is 20.5 Å². The number of hydrogen-bond donors (Lipinski definition) is 2. The average molecular weight is 459 g/mol. The van der Waals surface area contributed by atoms with E-state index in [0.717, 1.165) is 59.4 Å². The minimum Gasteiger partial charge on any atom is -0.364 e. The lowest BCUT2D eigenvalue weighted by molar-refractivity contribution is 0.240. The van der Waals surface area contributed by atoms with E-state index in [1.54, 1.807) is 12.1 Å². The van der Waals surface area contributed by atoms with Gasteiger partial charge in [0.25, 0.3) is 0 Å². The fraction of sp³-hybridized carbons (Fsp3) is 0.333. The molecule has 0 spiro atoms. The van der Waals surface area contributed by atoms with E-state index in [-0.39, 0.29) is 5.82 Å². The maximum absolute atomic E-state index is 13.6. The van der Waals surface area contributed by atoms with Crippen molar-refractivity contribution in [1.82, 2.24) is 14.5 Å². The number of anilines is 2. The number of rotatable bonds is 6. The number of allylic oxidation sites excluding steroid dienone is 1. The molecule has 6 nitrogen and oxygen atoms in total. The van der Waals surface area contributed by atoms with E-state index >= 15 is 0 Å². The quantitative estimate of drug-likeness (QED) is 0.513. The summed E-state index contributed by atoms with van der Waals surface area (Å²) in [6.07, 6.45) is 3.09. The summed E-state index contributed by atoms with van der Waals surface area (Å²) in [5, 5.41) is 13.0. The summed E-state index contributed by atoms with van der Waals surface area (Å²) < 4.78 is 15.8. The zero-order valence-corrected chi connectivity index (χ0v) is 20.2. The number of nitrogens with one attached hydrogen (secondary N) is 1. The normalized spacial score (nSPS) is 14.0. The molecule has 2 aromatic carbocycles. The van der Waals surface area contributed by atoms with Gasteiger partial charge in [-0.05, 0) is 69.2 Å². The first-order valence-electron chi connectivity index (χ1n) is 11.6. The molecule has 1 aliphatic rings. The molecule has 7 heteroatoms. The summed E-state index contributed by atoms with van der Waals surface area (Å²) in [5.74, 6) is 1.46. The van der Waals surface area contributed by atoms with Gasteiger partial charge in [0, 0.05) is 35.6 Å². The topological polar surface area (TPSA) is 82.9 Å². The van der Waals surface area contributed by atoms with Gasteiger partial charge in [0.05, 0.1) is 18.2 Å². The number of imidazole rings is 1. The molecule has 0 radical (unpaired) electrons. The van der Waals surface area contributed by atoms with Crippen LogP contribution in [0.2, 0.25) is 0 Å². The molecule has 0 saturated carbocycles. The molecule has 0 aliphatic carbocycles. The van der Waals surface area contributed by atoms with Crippen LogP contribution in [0.1, 0.15) is 44.1 Å². The zero-order chi connectivity index (χ0) is 24.5. The number of aryl methyl sites for hydroxylation is 1. The van der Waals surface area contributed by atoms with Gasteiger partial charge in [0.1, 0.15) is 23.2 Å². The van der Waals surface area contributed by atoms with Crippen molar-refractivity contribution in [2.45, 2.75) is 52.7 Å². The minimum atomic E-state index is -0.457. The van der Waals surface area contributed by atoms with Crippen molar-refractivity contribution in [3.05, 3.63) is 77.0 Å². The first-order chi connectivity index (χ1) is 16.2. The third-order valence-electron chi connectivity index (χ3n) is 6.11. The third kappa shape index (κ3) is 4.68. The number of nitrogens with zero attached hydrogens (tertiary/aromatic N) is 4. The van der Waals surface area contributed by atoms with Crippen LogP contribution in [0.3, 0.4) is 0 Å². The van der Waals surface area contributed by atoms with Gasteiger partial charge in [-0.3, -0.25) is 0 Å². The van der Waals surface area contributed by atoms with Crippen molar-refractivity contribution in [3.63, 3.8) is 0 Å². The zero-order valence-electron chi connectivity index (χ0n) is 20.2. The van der Waals surface area contributed by atoms with Crippen LogP contribution in [0.4, 0.5) is 15.9 Å². The van der Waals surface area contributed by atoms with E-state index in [9.17, 15) is 9.65 Å². The second kappa shape index (κ2) is 9.32. The lowest BCUT2D eigenvalue weighted by atomic mass is 9.99. The van der Waals surface area contributed by atoms with E-state index < -0.39 is 5.54 Å². The number of fused-ring (bicyclic) bond motifs is 1. The van der Waals surface area contributed by atoms with Crippen LogP contribution in [0.5, 0.6) is 0 Å². The van der Waals surface area contributed by atoms with Crippen molar-refractivity contribution in [2.75, 3.05) is 11.9 Å². The van der Waals surface area contributed by atoms with Crippen molar-refractivity contribution < 1.29 is 4.39 Å². The number of nitrogens with two attached hydrogens (primary N) is 1. The molecule has 0 amide bonds. The molecule has 3 aromatic rings. The molecule has 0 atom stereocenters. The van der Waals surface area contributed by atoms with E-state index in [1.165, 1.54) is 12.1 Å². The van der Waals surface area contributed by atoms with Crippen LogP contribution >= 0.6 is 0 Å². The number of aromatic nitrogens is 2. The first kappa shape index (κ1) is 23.5. The Hall–Kier alpha value is -3.63. The molecule has 1 aliphatic heterocycles. The van der Waals surface area contributed by atoms with Crippen LogP contribution in [0.15, 0.2) is 54.2 Å². The first-order valence-corrected chi connectivity index (χ1v) is 11.6. The van der Waals surface area contributed by atoms with Crippen LogP contribution < -0.4 is 11.1 Å². The van der Waals surface area contributed by atoms with Crippen LogP contribution in [-0.2, 0) is 13.1 Å². The molecule has 4 rings (SSSR count). The van der Waals surface area contributed by atoms with Crippen molar-refractivity contribution in [1.29, 1.82) is 5.26 Å². The second-order valence-electron chi connectivity index (χ2n) is 9.29. The Bertz CT molecular complexity index is 1260. The molecule has 176 valence electrons. The smallest absolute Gasteiger partial charge is 0.138 e. The fourth-order valence-corrected chi connectivity index (χ4v) is 4.42. The Morgan fingerprint density at radius 2 is 1.97 bits per heavy atom. The molecular weight excluding hydrogens is 427 g/mol. The molecule has 3 N–H and O–H groups in total. The summed E-state index contributed by atoms with van der Waals surface area (Å²) >= 11 is 0. The highest BCUT2D eigenvalue weighted by Gasteiger charge is 2.29. The van der Waals surface area contributed by atoms with Gasteiger partial charge >= 0.3 is 0 Å². The van der Waals surface area contributed by atoms with E-state index in [1.807, 2.05) is 39.0 Å². The maximum Gasteiger partial charge on any atom is 0.138 e. The summed E-state index contributed by atoms with van der Waals surface area (Å²) in [6, 6.07) is 14.4. The van der Waals surface area contributed by atoms with Crippen molar-refractivity contribution in [3.8, 4) is 17.3 Å². The highest BCUT2D eigenvalue weighted by molar-refractivity contribution is 5.77. The molecular formula is C27H31FN6. The van der Waals surface area contributed by atoms with Gasteiger partial charge in [-0.15, -0.1) is 0 Å². The molecule has 34 heavy (non-hydrogen) atoms. The van der Waals surface area contributed by atoms with Gasteiger partial charge in [-0.2, -0.15) is 5.26 Å². The Morgan fingerprint density at radius 3 is 2.62 bits per heavy atom. The largest absolute Gasteiger partial charge is 0.364 e. The summed E-state index contributed by atoms with van der Waals surface area (Å²) in [7, 11) is 0. The Balaban J connectivity index is 1.77. The minimum absolute atomic E-state index is 0.287. The lowest BCUT2D eigenvalue weighted by Crippen LogP contribution is -2.45. The van der Waals surface area contributed by atoms with E-state index in [2.05, 4.69) is 33.9 Å². The monoisotopic (exact) mass is 458 g/mol. The van der Waals surface area contributed by atoms with E-state index in [0.29, 0.717) is 12.1 Å². The Kier molecular flexibility index (Phi) is 6.45. The standard InChI is InChI=1S/C27H31FN6/c1-5-6-23(27(3,4)30)33-13-14-34-24(17-33)32-25(19-8-10-21(28)11-9-19)26(34)31-22-12-7-18(2)20(15-22)16-29/h6-12,15,31H,5,13-14,17,30H2,1-4H3/b23-6+. The number of nitriles is 1. The molecule has 2 heterocycles. The van der Waals surface area contributed by atoms with Gasteiger partial charge in [-0.1, -0.05) is 19.1 Å². The van der Waals surface area contributed by atoms with Crippen molar-refractivity contribution in [2.24, 2.45) is 5.73 Å². The molecule has 0 bridgehead atoms. The van der Waals surface area contributed by atoms with E-state index in [4.69, 9.17) is 10.7 Å². The fourth-order valence-electron chi connectivity index (χ4n) is 4.42. The SMILES string of the molecule is CC/C=C(/N1CCn2c(nc(-c3ccc(F)cc3)c2Nc2ccc(C)c(C#N)c2)C1)C(C)(C)N. The van der Waals surface area contributed by atoms with Gasteiger partial charge in [0.2, 0.25) is 0 Å². The predicted molar refractivity (Wildman–Crippen MR) is 134 cm³/mol. The highest BCUT2D eigenvalue weighted by atomic mass is 19.1. The Labute approximate surface area is 200 Å². The predicted octanol–water partition coefficient (Wildman–Crippen LogP) is 5.46. The maximum atomic E-state index is 13.6. The van der Waals surface area contributed by atoms with Crippen LogP contribution in [0.25, 0.3) is 11.3 Å². The number of hydrogen-bond acceptors (Lipinski definition) is 5.